The highest BCUT2D eigenvalue weighted by atomic mass is 79.9. The van der Waals surface area contributed by atoms with E-state index >= 15 is 0 Å². The topological polar surface area (TPSA) is 63.2 Å². The first-order valence-electron chi connectivity index (χ1n) is 5.78. The summed E-state index contributed by atoms with van der Waals surface area (Å²) in [6.45, 7) is 5.63. The number of carbonyl (C=O) groups excluding carboxylic acids is 1. The molecule has 1 amide bonds. The van der Waals surface area contributed by atoms with Crippen LogP contribution in [0.15, 0.2) is 21.5 Å². The summed E-state index contributed by atoms with van der Waals surface area (Å²) < 4.78 is 36.1. The third-order valence-corrected chi connectivity index (χ3v) is 5.33. The molecule has 8 heteroatoms. The molecule has 0 heterocycles. The third kappa shape index (κ3) is 4.17. The number of hydrogen-bond acceptors (Lipinski definition) is 3. The zero-order valence-corrected chi connectivity index (χ0v) is 14.2. The van der Waals surface area contributed by atoms with Gasteiger partial charge in [0, 0.05) is 16.7 Å². The van der Waals surface area contributed by atoms with Crippen LogP contribution in [0.1, 0.15) is 31.1 Å². The predicted octanol–water partition coefficient (Wildman–Crippen LogP) is 3.29. The van der Waals surface area contributed by atoms with Gasteiger partial charge >= 0.3 is 0 Å². The molecule has 1 N–H and O–H groups in total. The van der Waals surface area contributed by atoms with E-state index in [0.717, 1.165) is 12.1 Å². The maximum atomic E-state index is 13.5. The molecular weight excluding hydrogens is 373 g/mol. The van der Waals surface area contributed by atoms with Crippen LogP contribution in [0.25, 0.3) is 0 Å². The van der Waals surface area contributed by atoms with Gasteiger partial charge in [-0.15, -0.1) is 0 Å². The van der Waals surface area contributed by atoms with Gasteiger partial charge in [-0.05, 0) is 40.9 Å². The molecule has 1 unspecified atom stereocenters. The highest BCUT2D eigenvalue weighted by Gasteiger charge is 2.23. The van der Waals surface area contributed by atoms with E-state index in [1.54, 1.807) is 6.92 Å². The summed E-state index contributed by atoms with van der Waals surface area (Å²) in [6, 6.07) is 1.57. The summed E-state index contributed by atoms with van der Waals surface area (Å²) >= 11 is 2.99. The fraction of sp³-hybridized carbons (Fsp3) is 0.417. The molecule has 0 fully saturated rings. The second-order valence-corrected chi connectivity index (χ2v) is 8.04. The minimum Gasteiger partial charge on any atom is -0.349 e. The summed E-state index contributed by atoms with van der Waals surface area (Å²) in [5, 5.41) is 2.67. The lowest BCUT2D eigenvalue weighted by Crippen LogP contribution is -2.36. The van der Waals surface area contributed by atoms with Crippen molar-refractivity contribution in [3.8, 4) is 0 Å². The molecule has 20 heavy (non-hydrogen) atoms. The molecule has 1 atom stereocenters. The molecule has 112 valence electrons. The van der Waals surface area contributed by atoms with Gasteiger partial charge in [0.2, 0.25) is 0 Å². The number of nitrogens with one attached hydrogen (secondary N) is 1. The first-order chi connectivity index (χ1) is 9.04. The molecule has 0 radical (unpaired) electrons. The molecule has 0 aliphatic rings. The van der Waals surface area contributed by atoms with Crippen molar-refractivity contribution in [3.63, 3.8) is 0 Å². The number of halogens is 3. The van der Waals surface area contributed by atoms with Crippen LogP contribution in [0.3, 0.4) is 0 Å². The van der Waals surface area contributed by atoms with E-state index in [9.17, 15) is 17.6 Å². The molecule has 1 aromatic carbocycles. The number of rotatable bonds is 4. The molecule has 0 saturated heterocycles. The Morgan fingerprint density at radius 2 is 1.90 bits per heavy atom. The SMILES string of the molecule is CC(C)C(C)NC(=O)c1cc(F)cc(S(=O)(=O)Cl)c1Br. The van der Waals surface area contributed by atoms with Gasteiger partial charge in [-0.25, -0.2) is 12.8 Å². The second-order valence-electron chi connectivity index (χ2n) is 4.71. The lowest BCUT2D eigenvalue weighted by molar-refractivity contribution is 0.0929. The molecule has 0 saturated carbocycles. The Hall–Kier alpha value is -0.660. The second kappa shape index (κ2) is 6.41. The predicted molar refractivity (Wildman–Crippen MR) is 78.9 cm³/mol. The molecular formula is C12H14BrClFNO3S. The van der Waals surface area contributed by atoms with Gasteiger partial charge in [0.15, 0.2) is 0 Å². The molecule has 1 aromatic rings. The lowest BCUT2D eigenvalue weighted by atomic mass is 10.1. The lowest BCUT2D eigenvalue weighted by Gasteiger charge is -2.18. The largest absolute Gasteiger partial charge is 0.349 e. The average molecular weight is 387 g/mol. The van der Waals surface area contributed by atoms with E-state index in [-0.39, 0.29) is 22.0 Å². The van der Waals surface area contributed by atoms with Crippen molar-refractivity contribution in [2.24, 2.45) is 5.92 Å². The van der Waals surface area contributed by atoms with Gasteiger partial charge in [0.25, 0.3) is 15.0 Å². The van der Waals surface area contributed by atoms with Crippen LogP contribution in [0.2, 0.25) is 0 Å². The minimum absolute atomic E-state index is 0.0534. The zero-order valence-electron chi connectivity index (χ0n) is 11.1. The highest BCUT2D eigenvalue weighted by Crippen LogP contribution is 2.29. The Labute approximate surface area is 130 Å². The van der Waals surface area contributed by atoms with Gasteiger partial charge < -0.3 is 5.32 Å². The summed E-state index contributed by atoms with van der Waals surface area (Å²) in [7, 11) is 1.06. The Bertz CT molecular complexity index is 634. The summed E-state index contributed by atoms with van der Waals surface area (Å²) in [6.07, 6.45) is 0. The van der Waals surface area contributed by atoms with Crippen molar-refractivity contribution in [2.75, 3.05) is 0 Å². The van der Waals surface area contributed by atoms with E-state index in [0.29, 0.717) is 0 Å². The van der Waals surface area contributed by atoms with E-state index in [4.69, 9.17) is 10.7 Å². The fourth-order valence-electron chi connectivity index (χ4n) is 1.36. The average Bonchev–Trinajstić information content (AvgIpc) is 2.29. The molecule has 0 aliphatic heterocycles. The van der Waals surface area contributed by atoms with Crippen LogP contribution in [0.5, 0.6) is 0 Å². The maximum absolute atomic E-state index is 13.5. The number of amides is 1. The van der Waals surface area contributed by atoms with Crippen molar-refractivity contribution >= 4 is 41.6 Å². The minimum atomic E-state index is -4.15. The first kappa shape index (κ1) is 17.4. The van der Waals surface area contributed by atoms with Gasteiger partial charge in [0.1, 0.15) is 10.7 Å². The molecule has 0 bridgehead atoms. The Kier molecular flexibility index (Phi) is 5.57. The zero-order chi connectivity index (χ0) is 15.7. The number of hydrogen-bond donors (Lipinski definition) is 1. The summed E-state index contributed by atoms with van der Waals surface area (Å²) in [5.41, 5.74) is -0.114. The van der Waals surface area contributed by atoms with Crippen molar-refractivity contribution < 1.29 is 17.6 Å². The monoisotopic (exact) mass is 385 g/mol. The number of carbonyl (C=O) groups is 1. The normalized spacial score (nSPS) is 13.3. The van der Waals surface area contributed by atoms with Crippen LogP contribution in [0, 0.1) is 11.7 Å². The smallest absolute Gasteiger partial charge is 0.262 e. The van der Waals surface area contributed by atoms with Crippen molar-refractivity contribution in [1.82, 2.24) is 5.32 Å². The van der Waals surface area contributed by atoms with E-state index in [1.165, 1.54) is 0 Å². The standard InChI is InChI=1S/C12H14BrClFNO3S/c1-6(2)7(3)16-12(17)9-4-8(15)5-10(11(9)13)20(14,18)19/h4-7H,1-3H3,(H,16,17). The third-order valence-electron chi connectivity index (χ3n) is 2.87. The fourth-order valence-corrected chi connectivity index (χ4v) is 3.63. The summed E-state index contributed by atoms with van der Waals surface area (Å²) in [5.74, 6) is -1.24. The van der Waals surface area contributed by atoms with Gasteiger partial charge in [-0.3, -0.25) is 4.79 Å². The van der Waals surface area contributed by atoms with Crippen LogP contribution < -0.4 is 5.32 Å². The Morgan fingerprint density at radius 1 is 1.35 bits per heavy atom. The molecule has 0 aliphatic carbocycles. The first-order valence-corrected chi connectivity index (χ1v) is 8.88. The van der Waals surface area contributed by atoms with Crippen LogP contribution in [0.4, 0.5) is 4.39 Å². The van der Waals surface area contributed by atoms with E-state index in [1.807, 2.05) is 13.8 Å². The Balaban J connectivity index is 3.26. The van der Waals surface area contributed by atoms with Gasteiger partial charge in [0.05, 0.1) is 10.0 Å². The Morgan fingerprint density at radius 3 is 2.35 bits per heavy atom. The summed E-state index contributed by atoms with van der Waals surface area (Å²) in [4.78, 5) is 11.6. The van der Waals surface area contributed by atoms with Crippen LogP contribution in [-0.2, 0) is 9.05 Å². The maximum Gasteiger partial charge on any atom is 0.262 e. The van der Waals surface area contributed by atoms with Crippen LogP contribution in [-0.4, -0.2) is 20.4 Å². The molecule has 1 rings (SSSR count). The highest BCUT2D eigenvalue weighted by molar-refractivity contribution is 9.10. The molecule has 4 nitrogen and oxygen atoms in total. The van der Waals surface area contributed by atoms with Crippen molar-refractivity contribution in [3.05, 3.63) is 28.0 Å². The van der Waals surface area contributed by atoms with Crippen LogP contribution >= 0.6 is 26.6 Å². The van der Waals surface area contributed by atoms with Crippen molar-refractivity contribution in [1.29, 1.82) is 0 Å². The van der Waals surface area contributed by atoms with Gasteiger partial charge in [-0.2, -0.15) is 0 Å². The van der Waals surface area contributed by atoms with E-state index < -0.39 is 25.7 Å². The van der Waals surface area contributed by atoms with Gasteiger partial charge in [-0.1, -0.05) is 13.8 Å². The molecule has 0 aromatic heterocycles. The van der Waals surface area contributed by atoms with Crippen molar-refractivity contribution in [2.45, 2.75) is 31.7 Å². The van der Waals surface area contributed by atoms with E-state index in [2.05, 4.69) is 21.2 Å². The quantitative estimate of drug-likeness (QED) is 0.808. The number of benzene rings is 1. The molecule has 0 spiro atoms.